The summed E-state index contributed by atoms with van der Waals surface area (Å²) in [5.41, 5.74) is 2.60. The van der Waals surface area contributed by atoms with Crippen molar-refractivity contribution in [2.45, 2.75) is 33.4 Å². The van der Waals surface area contributed by atoms with Crippen LogP contribution in [0.5, 0.6) is 11.5 Å². The summed E-state index contributed by atoms with van der Waals surface area (Å²) in [5, 5.41) is 7.31. The van der Waals surface area contributed by atoms with Crippen LogP contribution in [0.3, 0.4) is 0 Å². The van der Waals surface area contributed by atoms with E-state index in [-0.39, 0.29) is 11.9 Å². The summed E-state index contributed by atoms with van der Waals surface area (Å²) in [7, 11) is 3.11. The molecule has 2 aromatic rings. The number of aromatic nitrogens is 2. The zero-order chi connectivity index (χ0) is 17.0. The van der Waals surface area contributed by atoms with Crippen molar-refractivity contribution in [3.8, 4) is 11.5 Å². The Morgan fingerprint density at radius 3 is 2.57 bits per heavy atom. The maximum absolute atomic E-state index is 12.4. The molecular weight excluding hydrogens is 294 g/mol. The number of carbonyl (C=O) groups excluding carboxylic acids is 1. The molecule has 1 amide bonds. The van der Waals surface area contributed by atoms with Gasteiger partial charge in [0, 0.05) is 23.4 Å². The SMILES string of the molecule is CCn1ncc(C(C)NC(=O)c2ccc(OC)c(OC)c2)c1C. The van der Waals surface area contributed by atoms with Gasteiger partial charge in [0.25, 0.3) is 5.91 Å². The van der Waals surface area contributed by atoms with E-state index in [1.54, 1.807) is 38.6 Å². The molecule has 23 heavy (non-hydrogen) atoms. The van der Waals surface area contributed by atoms with E-state index in [1.807, 2.05) is 25.5 Å². The normalized spacial score (nSPS) is 11.9. The number of hydrogen-bond donors (Lipinski definition) is 1. The number of carbonyl (C=O) groups is 1. The minimum atomic E-state index is -0.165. The molecule has 0 aliphatic heterocycles. The summed E-state index contributed by atoms with van der Waals surface area (Å²) in [6, 6.07) is 4.98. The molecule has 1 heterocycles. The van der Waals surface area contributed by atoms with Crippen LogP contribution in [0.25, 0.3) is 0 Å². The van der Waals surface area contributed by atoms with Gasteiger partial charge >= 0.3 is 0 Å². The predicted octanol–water partition coefficient (Wildman–Crippen LogP) is 2.72. The fraction of sp³-hybridized carbons (Fsp3) is 0.412. The molecule has 1 aromatic carbocycles. The summed E-state index contributed by atoms with van der Waals surface area (Å²) in [5.74, 6) is 0.960. The highest BCUT2D eigenvalue weighted by atomic mass is 16.5. The standard InChI is InChI=1S/C17H23N3O3/c1-6-20-12(3)14(10-18-20)11(2)19-17(21)13-7-8-15(22-4)16(9-13)23-5/h7-11H,6H2,1-5H3,(H,19,21). The van der Waals surface area contributed by atoms with Crippen LogP contribution in [-0.4, -0.2) is 29.9 Å². The van der Waals surface area contributed by atoms with Crippen LogP contribution < -0.4 is 14.8 Å². The van der Waals surface area contributed by atoms with Crippen LogP contribution in [-0.2, 0) is 6.54 Å². The molecular formula is C17H23N3O3. The fourth-order valence-electron chi connectivity index (χ4n) is 2.54. The minimum absolute atomic E-state index is 0.129. The van der Waals surface area contributed by atoms with Crippen molar-refractivity contribution in [2.75, 3.05) is 14.2 Å². The molecule has 0 spiro atoms. The van der Waals surface area contributed by atoms with Gasteiger partial charge in [-0.05, 0) is 39.0 Å². The van der Waals surface area contributed by atoms with Crippen molar-refractivity contribution in [1.29, 1.82) is 0 Å². The molecule has 0 fully saturated rings. The number of aryl methyl sites for hydroxylation is 1. The second-order valence-electron chi connectivity index (χ2n) is 5.27. The monoisotopic (exact) mass is 317 g/mol. The van der Waals surface area contributed by atoms with E-state index in [1.165, 1.54) is 0 Å². The molecule has 2 rings (SSSR count). The van der Waals surface area contributed by atoms with E-state index < -0.39 is 0 Å². The second-order valence-corrected chi connectivity index (χ2v) is 5.27. The topological polar surface area (TPSA) is 65.4 Å². The number of nitrogens with one attached hydrogen (secondary N) is 1. The van der Waals surface area contributed by atoms with Gasteiger partial charge in [-0.15, -0.1) is 0 Å². The van der Waals surface area contributed by atoms with Gasteiger partial charge in [0.05, 0.1) is 26.5 Å². The number of rotatable bonds is 6. The Balaban J connectivity index is 2.16. The maximum Gasteiger partial charge on any atom is 0.251 e. The summed E-state index contributed by atoms with van der Waals surface area (Å²) in [6.07, 6.45) is 1.80. The lowest BCUT2D eigenvalue weighted by Gasteiger charge is -2.15. The van der Waals surface area contributed by atoms with Gasteiger partial charge in [-0.25, -0.2) is 0 Å². The lowest BCUT2D eigenvalue weighted by atomic mass is 10.1. The van der Waals surface area contributed by atoms with E-state index >= 15 is 0 Å². The first-order valence-electron chi connectivity index (χ1n) is 7.57. The first kappa shape index (κ1) is 16.9. The third kappa shape index (κ3) is 3.47. The summed E-state index contributed by atoms with van der Waals surface area (Å²) in [6.45, 7) is 6.80. The molecule has 0 radical (unpaired) electrons. The van der Waals surface area contributed by atoms with Gasteiger partial charge in [-0.2, -0.15) is 5.10 Å². The van der Waals surface area contributed by atoms with E-state index in [2.05, 4.69) is 10.4 Å². The number of benzene rings is 1. The summed E-state index contributed by atoms with van der Waals surface area (Å²) >= 11 is 0. The largest absolute Gasteiger partial charge is 0.493 e. The number of methoxy groups -OCH3 is 2. The predicted molar refractivity (Wildman–Crippen MR) is 88.1 cm³/mol. The van der Waals surface area contributed by atoms with Crippen molar-refractivity contribution < 1.29 is 14.3 Å². The van der Waals surface area contributed by atoms with Crippen LogP contribution in [0.1, 0.15) is 41.5 Å². The first-order chi connectivity index (χ1) is 11.0. The van der Waals surface area contributed by atoms with Crippen LogP contribution >= 0.6 is 0 Å². The Kier molecular flexibility index (Phi) is 5.26. The molecule has 0 saturated carbocycles. The molecule has 0 saturated heterocycles. The average molecular weight is 317 g/mol. The zero-order valence-corrected chi connectivity index (χ0v) is 14.2. The number of nitrogens with zero attached hydrogens (tertiary/aromatic N) is 2. The zero-order valence-electron chi connectivity index (χ0n) is 14.2. The van der Waals surface area contributed by atoms with Gasteiger partial charge in [0.15, 0.2) is 11.5 Å². The van der Waals surface area contributed by atoms with E-state index in [9.17, 15) is 4.79 Å². The molecule has 6 heteroatoms. The molecule has 6 nitrogen and oxygen atoms in total. The Labute approximate surface area is 136 Å². The number of amides is 1. The molecule has 1 unspecified atom stereocenters. The molecule has 1 N–H and O–H groups in total. The van der Waals surface area contributed by atoms with E-state index in [0.29, 0.717) is 17.1 Å². The minimum Gasteiger partial charge on any atom is -0.493 e. The smallest absolute Gasteiger partial charge is 0.251 e. The van der Waals surface area contributed by atoms with Crippen molar-refractivity contribution in [2.24, 2.45) is 0 Å². The van der Waals surface area contributed by atoms with Crippen molar-refractivity contribution in [1.82, 2.24) is 15.1 Å². The fourth-order valence-corrected chi connectivity index (χ4v) is 2.54. The Bertz CT molecular complexity index is 694. The van der Waals surface area contributed by atoms with Crippen molar-refractivity contribution in [3.63, 3.8) is 0 Å². The van der Waals surface area contributed by atoms with Gasteiger partial charge in [-0.1, -0.05) is 0 Å². The Hall–Kier alpha value is -2.50. The van der Waals surface area contributed by atoms with Crippen molar-refractivity contribution >= 4 is 5.91 Å². The van der Waals surface area contributed by atoms with E-state index in [4.69, 9.17) is 9.47 Å². The second kappa shape index (κ2) is 7.17. The molecule has 0 bridgehead atoms. The van der Waals surface area contributed by atoms with E-state index in [0.717, 1.165) is 17.8 Å². The third-order valence-corrected chi connectivity index (χ3v) is 3.90. The highest BCUT2D eigenvalue weighted by Crippen LogP contribution is 2.28. The van der Waals surface area contributed by atoms with Gasteiger partial charge < -0.3 is 14.8 Å². The maximum atomic E-state index is 12.4. The van der Waals surface area contributed by atoms with Gasteiger partial charge in [0.2, 0.25) is 0 Å². The quantitative estimate of drug-likeness (QED) is 0.889. The van der Waals surface area contributed by atoms with Crippen LogP contribution in [0, 0.1) is 6.92 Å². The first-order valence-corrected chi connectivity index (χ1v) is 7.57. The Morgan fingerprint density at radius 2 is 2.00 bits per heavy atom. The van der Waals surface area contributed by atoms with Gasteiger partial charge in [0.1, 0.15) is 0 Å². The lowest BCUT2D eigenvalue weighted by molar-refractivity contribution is 0.0939. The number of ether oxygens (including phenoxy) is 2. The summed E-state index contributed by atoms with van der Waals surface area (Å²) < 4.78 is 12.3. The molecule has 124 valence electrons. The molecule has 1 atom stereocenters. The van der Waals surface area contributed by atoms with Crippen LogP contribution in [0.2, 0.25) is 0 Å². The lowest BCUT2D eigenvalue weighted by Crippen LogP contribution is -2.27. The van der Waals surface area contributed by atoms with Crippen LogP contribution in [0.4, 0.5) is 0 Å². The van der Waals surface area contributed by atoms with Crippen LogP contribution in [0.15, 0.2) is 24.4 Å². The number of hydrogen-bond acceptors (Lipinski definition) is 4. The molecule has 0 aliphatic rings. The summed E-state index contributed by atoms with van der Waals surface area (Å²) in [4.78, 5) is 12.4. The molecule has 0 aliphatic carbocycles. The third-order valence-electron chi connectivity index (χ3n) is 3.90. The van der Waals surface area contributed by atoms with Gasteiger partial charge in [-0.3, -0.25) is 9.48 Å². The Morgan fingerprint density at radius 1 is 1.30 bits per heavy atom. The highest BCUT2D eigenvalue weighted by molar-refractivity contribution is 5.95. The molecule has 1 aromatic heterocycles. The van der Waals surface area contributed by atoms with Crippen molar-refractivity contribution in [3.05, 3.63) is 41.2 Å². The average Bonchev–Trinajstić information content (AvgIpc) is 2.94. The highest BCUT2D eigenvalue weighted by Gasteiger charge is 2.17.